The first-order chi connectivity index (χ1) is 8.90. The summed E-state index contributed by atoms with van der Waals surface area (Å²) in [6.45, 7) is 10.9. The standard InChI is InChI=1S/C16H32N2O/c1-6-13(7-2)18-15(19)12(3)17-14-10-8-9-11-16(14,4)5/h12-14,17H,6-11H2,1-5H3,(H,18,19). The van der Waals surface area contributed by atoms with Crippen LogP contribution < -0.4 is 10.6 Å². The van der Waals surface area contributed by atoms with E-state index in [4.69, 9.17) is 0 Å². The van der Waals surface area contributed by atoms with Gasteiger partial charge in [0.15, 0.2) is 0 Å². The fourth-order valence-corrected chi connectivity index (χ4v) is 3.00. The lowest BCUT2D eigenvalue weighted by Gasteiger charge is -2.40. The second-order valence-corrected chi connectivity index (χ2v) is 6.70. The summed E-state index contributed by atoms with van der Waals surface area (Å²) >= 11 is 0. The minimum absolute atomic E-state index is 0.0945. The zero-order chi connectivity index (χ0) is 14.5. The Labute approximate surface area is 118 Å². The van der Waals surface area contributed by atoms with E-state index >= 15 is 0 Å². The summed E-state index contributed by atoms with van der Waals surface area (Å²) in [5, 5.41) is 6.68. The van der Waals surface area contributed by atoms with Crippen LogP contribution in [0.3, 0.4) is 0 Å². The molecule has 0 heterocycles. The van der Waals surface area contributed by atoms with Gasteiger partial charge in [0.2, 0.25) is 5.91 Å². The second kappa shape index (κ2) is 7.28. The third-order valence-corrected chi connectivity index (χ3v) is 4.68. The lowest BCUT2D eigenvalue weighted by molar-refractivity contribution is -0.124. The predicted molar refractivity (Wildman–Crippen MR) is 81.1 cm³/mol. The molecular weight excluding hydrogens is 236 g/mol. The van der Waals surface area contributed by atoms with Crippen molar-refractivity contribution >= 4 is 5.91 Å². The van der Waals surface area contributed by atoms with E-state index in [0.717, 1.165) is 12.8 Å². The van der Waals surface area contributed by atoms with Gasteiger partial charge in [-0.15, -0.1) is 0 Å². The highest BCUT2D eigenvalue weighted by atomic mass is 16.2. The van der Waals surface area contributed by atoms with Crippen molar-refractivity contribution in [3.8, 4) is 0 Å². The molecule has 3 nitrogen and oxygen atoms in total. The average molecular weight is 268 g/mol. The van der Waals surface area contributed by atoms with Crippen LogP contribution in [0.2, 0.25) is 0 Å². The van der Waals surface area contributed by atoms with E-state index in [1.807, 2.05) is 6.92 Å². The largest absolute Gasteiger partial charge is 0.352 e. The zero-order valence-electron chi connectivity index (χ0n) is 13.4. The van der Waals surface area contributed by atoms with Gasteiger partial charge in [-0.25, -0.2) is 0 Å². The molecule has 0 aliphatic heterocycles. The quantitative estimate of drug-likeness (QED) is 0.776. The molecule has 0 bridgehead atoms. The van der Waals surface area contributed by atoms with Crippen molar-refractivity contribution in [2.45, 2.75) is 91.3 Å². The molecule has 19 heavy (non-hydrogen) atoms. The Morgan fingerprint density at radius 1 is 1.26 bits per heavy atom. The summed E-state index contributed by atoms with van der Waals surface area (Å²) in [6, 6.07) is 0.683. The van der Waals surface area contributed by atoms with Crippen LogP contribution in [-0.4, -0.2) is 24.0 Å². The van der Waals surface area contributed by atoms with Gasteiger partial charge in [-0.1, -0.05) is 40.5 Å². The van der Waals surface area contributed by atoms with Crippen LogP contribution in [0.5, 0.6) is 0 Å². The van der Waals surface area contributed by atoms with Gasteiger partial charge in [0.1, 0.15) is 0 Å². The molecule has 0 aromatic carbocycles. The Bertz CT molecular complexity index is 284. The third kappa shape index (κ3) is 4.79. The first-order valence-electron chi connectivity index (χ1n) is 7.97. The normalized spacial score (nSPS) is 24.2. The summed E-state index contributed by atoms with van der Waals surface area (Å²) in [4.78, 5) is 12.2. The summed E-state index contributed by atoms with van der Waals surface area (Å²) in [6.07, 6.45) is 7.05. The fourth-order valence-electron chi connectivity index (χ4n) is 3.00. The molecule has 0 radical (unpaired) electrons. The van der Waals surface area contributed by atoms with Crippen molar-refractivity contribution in [2.75, 3.05) is 0 Å². The minimum Gasteiger partial charge on any atom is -0.352 e. The Balaban J connectivity index is 2.49. The molecule has 112 valence electrons. The first kappa shape index (κ1) is 16.5. The monoisotopic (exact) mass is 268 g/mol. The molecule has 1 aliphatic carbocycles. The molecule has 0 aromatic rings. The summed E-state index contributed by atoms with van der Waals surface area (Å²) in [5.41, 5.74) is 0.307. The van der Waals surface area contributed by atoms with Gasteiger partial charge in [0.25, 0.3) is 0 Å². The zero-order valence-corrected chi connectivity index (χ0v) is 13.4. The van der Waals surface area contributed by atoms with E-state index in [2.05, 4.69) is 38.3 Å². The van der Waals surface area contributed by atoms with Gasteiger partial charge in [-0.2, -0.15) is 0 Å². The van der Waals surface area contributed by atoms with Crippen LogP contribution in [-0.2, 0) is 4.79 Å². The van der Waals surface area contributed by atoms with Crippen LogP contribution in [0, 0.1) is 5.41 Å². The summed E-state index contributed by atoms with van der Waals surface area (Å²) in [7, 11) is 0. The number of carbonyl (C=O) groups is 1. The molecule has 1 amide bonds. The van der Waals surface area contributed by atoms with Gasteiger partial charge in [-0.3, -0.25) is 4.79 Å². The van der Waals surface area contributed by atoms with Crippen molar-refractivity contribution in [3.63, 3.8) is 0 Å². The Hall–Kier alpha value is -0.570. The molecule has 2 unspecified atom stereocenters. The van der Waals surface area contributed by atoms with Crippen LogP contribution in [0.25, 0.3) is 0 Å². The Kier molecular flexibility index (Phi) is 6.31. The van der Waals surface area contributed by atoms with Crippen molar-refractivity contribution < 1.29 is 4.79 Å². The SMILES string of the molecule is CCC(CC)NC(=O)C(C)NC1CCCCC1(C)C. The van der Waals surface area contributed by atoms with Crippen LogP contribution in [0.4, 0.5) is 0 Å². The molecule has 0 spiro atoms. The number of amides is 1. The second-order valence-electron chi connectivity index (χ2n) is 6.70. The van der Waals surface area contributed by atoms with Gasteiger partial charge in [0.05, 0.1) is 6.04 Å². The van der Waals surface area contributed by atoms with E-state index in [9.17, 15) is 4.79 Å². The maximum absolute atomic E-state index is 12.2. The van der Waals surface area contributed by atoms with Crippen molar-refractivity contribution in [1.29, 1.82) is 0 Å². The molecule has 1 aliphatic rings. The lowest BCUT2D eigenvalue weighted by atomic mass is 9.73. The highest BCUT2D eigenvalue weighted by molar-refractivity contribution is 5.81. The van der Waals surface area contributed by atoms with Crippen molar-refractivity contribution in [1.82, 2.24) is 10.6 Å². The number of hydrogen-bond acceptors (Lipinski definition) is 2. The maximum atomic E-state index is 12.2. The summed E-state index contributed by atoms with van der Waals surface area (Å²) in [5.74, 6) is 0.148. The Morgan fingerprint density at radius 3 is 2.42 bits per heavy atom. The number of rotatable bonds is 6. The van der Waals surface area contributed by atoms with E-state index in [1.165, 1.54) is 25.7 Å². The maximum Gasteiger partial charge on any atom is 0.237 e. The highest BCUT2D eigenvalue weighted by Crippen LogP contribution is 2.35. The van der Waals surface area contributed by atoms with Crippen LogP contribution in [0.15, 0.2) is 0 Å². The minimum atomic E-state index is -0.0945. The van der Waals surface area contributed by atoms with E-state index < -0.39 is 0 Å². The number of carbonyl (C=O) groups excluding carboxylic acids is 1. The fraction of sp³-hybridized carbons (Fsp3) is 0.938. The number of hydrogen-bond donors (Lipinski definition) is 2. The van der Waals surface area contributed by atoms with Crippen molar-refractivity contribution in [3.05, 3.63) is 0 Å². The van der Waals surface area contributed by atoms with Crippen LogP contribution in [0.1, 0.15) is 73.1 Å². The topological polar surface area (TPSA) is 41.1 Å². The molecule has 1 rings (SSSR count). The van der Waals surface area contributed by atoms with Crippen molar-refractivity contribution in [2.24, 2.45) is 5.41 Å². The van der Waals surface area contributed by atoms with Gasteiger partial charge < -0.3 is 10.6 Å². The highest BCUT2D eigenvalue weighted by Gasteiger charge is 2.33. The summed E-state index contributed by atoms with van der Waals surface area (Å²) < 4.78 is 0. The molecule has 2 atom stereocenters. The third-order valence-electron chi connectivity index (χ3n) is 4.68. The van der Waals surface area contributed by atoms with Gasteiger partial charge >= 0.3 is 0 Å². The average Bonchev–Trinajstić information content (AvgIpc) is 2.37. The predicted octanol–water partition coefficient (Wildman–Crippen LogP) is 3.24. The van der Waals surface area contributed by atoms with E-state index in [1.54, 1.807) is 0 Å². The van der Waals surface area contributed by atoms with Gasteiger partial charge in [-0.05, 0) is 38.0 Å². The lowest BCUT2D eigenvalue weighted by Crippen LogP contribution is -2.53. The smallest absolute Gasteiger partial charge is 0.237 e. The van der Waals surface area contributed by atoms with Gasteiger partial charge in [0, 0.05) is 12.1 Å². The molecule has 1 fully saturated rings. The Morgan fingerprint density at radius 2 is 1.89 bits per heavy atom. The molecule has 2 N–H and O–H groups in total. The molecule has 0 saturated heterocycles. The molecule has 3 heteroatoms. The molecule has 0 aromatic heterocycles. The molecule has 1 saturated carbocycles. The van der Waals surface area contributed by atoms with E-state index in [0.29, 0.717) is 17.5 Å². The van der Waals surface area contributed by atoms with Crippen LogP contribution >= 0.6 is 0 Å². The van der Waals surface area contributed by atoms with E-state index in [-0.39, 0.29) is 11.9 Å². The number of nitrogens with one attached hydrogen (secondary N) is 2. The first-order valence-corrected chi connectivity index (χ1v) is 7.97. The molecular formula is C16H32N2O.